The zero-order chi connectivity index (χ0) is 10.3. The first-order chi connectivity index (χ1) is 7.36. The molecule has 0 spiro atoms. The van der Waals surface area contributed by atoms with Crippen LogP contribution in [0.15, 0.2) is 30.3 Å². The predicted octanol–water partition coefficient (Wildman–Crippen LogP) is 2.60. The molecule has 2 heteroatoms. The van der Waals surface area contributed by atoms with E-state index in [9.17, 15) is 0 Å². The van der Waals surface area contributed by atoms with Crippen molar-refractivity contribution in [2.75, 3.05) is 6.54 Å². The molecule has 1 aliphatic heterocycles. The lowest BCUT2D eigenvalue weighted by Gasteiger charge is -2.11. The second-order valence-electron chi connectivity index (χ2n) is 4.34. The van der Waals surface area contributed by atoms with Crippen LogP contribution in [-0.4, -0.2) is 11.1 Å². The first-order valence-corrected chi connectivity index (χ1v) is 5.64. The highest BCUT2D eigenvalue weighted by molar-refractivity contribution is 5.81. The lowest BCUT2D eigenvalue weighted by molar-refractivity contribution is 0.604. The summed E-state index contributed by atoms with van der Waals surface area (Å²) in [6, 6.07) is 11.5. The van der Waals surface area contributed by atoms with Gasteiger partial charge in [0.25, 0.3) is 0 Å². The maximum absolute atomic E-state index is 3.55. The van der Waals surface area contributed by atoms with Gasteiger partial charge >= 0.3 is 0 Å². The fourth-order valence-corrected chi connectivity index (χ4v) is 2.58. The Kier molecular flexibility index (Phi) is 2.03. The van der Waals surface area contributed by atoms with Crippen LogP contribution >= 0.6 is 0 Å². The van der Waals surface area contributed by atoms with E-state index in [4.69, 9.17) is 0 Å². The fourth-order valence-electron chi connectivity index (χ4n) is 2.58. The number of fused-ring (bicyclic) bond motifs is 1. The first kappa shape index (κ1) is 8.98. The van der Waals surface area contributed by atoms with Gasteiger partial charge in [0.15, 0.2) is 0 Å². The monoisotopic (exact) mass is 200 g/mol. The van der Waals surface area contributed by atoms with Crippen LogP contribution in [-0.2, 0) is 7.05 Å². The zero-order valence-electron chi connectivity index (χ0n) is 9.03. The van der Waals surface area contributed by atoms with Crippen LogP contribution in [0.3, 0.4) is 0 Å². The van der Waals surface area contributed by atoms with E-state index >= 15 is 0 Å². The Bertz CT molecular complexity index is 478. The van der Waals surface area contributed by atoms with Crippen molar-refractivity contribution >= 4 is 10.9 Å². The molecule has 78 valence electrons. The van der Waals surface area contributed by atoms with Crippen LogP contribution in [0.1, 0.15) is 24.6 Å². The van der Waals surface area contributed by atoms with Crippen LogP contribution in [0, 0.1) is 0 Å². The third-order valence-electron chi connectivity index (χ3n) is 3.41. The van der Waals surface area contributed by atoms with Crippen LogP contribution in [0.25, 0.3) is 10.9 Å². The van der Waals surface area contributed by atoms with E-state index in [0.29, 0.717) is 6.04 Å². The topological polar surface area (TPSA) is 17.0 Å². The second-order valence-corrected chi connectivity index (χ2v) is 4.34. The molecule has 0 saturated carbocycles. The molecule has 0 radical (unpaired) electrons. The van der Waals surface area contributed by atoms with Gasteiger partial charge in [0, 0.05) is 24.3 Å². The molecule has 1 aliphatic rings. The average molecular weight is 200 g/mol. The van der Waals surface area contributed by atoms with E-state index < -0.39 is 0 Å². The Morgan fingerprint density at radius 2 is 2.20 bits per heavy atom. The molecule has 2 heterocycles. The van der Waals surface area contributed by atoms with E-state index in [2.05, 4.69) is 47.3 Å². The second kappa shape index (κ2) is 3.38. The maximum Gasteiger partial charge on any atom is 0.0480 e. The number of benzene rings is 1. The van der Waals surface area contributed by atoms with Gasteiger partial charge in [0.05, 0.1) is 0 Å². The zero-order valence-corrected chi connectivity index (χ0v) is 9.03. The Morgan fingerprint density at radius 1 is 1.33 bits per heavy atom. The first-order valence-electron chi connectivity index (χ1n) is 5.64. The van der Waals surface area contributed by atoms with Gasteiger partial charge in [-0.15, -0.1) is 0 Å². The van der Waals surface area contributed by atoms with Gasteiger partial charge in [-0.25, -0.2) is 0 Å². The summed E-state index contributed by atoms with van der Waals surface area (Å²) < 4.78 is 2.32. The normalized spacial score (nSPS) is 21.3. The van der Waals surface area contributed by atoms with Crippen LogP contribution in [0.5, 0.6) is 0 Å². The summed E-state index contributed by atoms with van der Waals surface area (Å²) in [5, 5.41) is 4.90. The van der Waals surface area contributed by atoms with E-state index in [1.165, 1.54) is 29.4 Å². The van der Waals surface area contributed by atoms with Gasteiger partial charge < -0.3 is 9.88 Å². The molecule has 1 atom stereocenters. The van der Waals surface area contributed by atoms with Crippen molar-refractivity contribution in [3.63, 3.8) is 0 Å². The van der Waals surface area contributed by atoms with Gasteiger partial charge in [-0.1, -0.05) is 18.2 Å². The highest BCUT2D eigenvalue weighted by Gasteiger charge is 2.19. The number of aryl methyl sites for hydroxylation is 1. The molecule has 0 bridgehead atoms. The third kappa shape index (κ3) is 1.37. The Labute approximate surface area is 89.9 Å². The van der Waals surface area contributed by atoms with Gasteiger partial charge in [-0.05, 0) is 36.9 Å². The molecule has 2 nitrogen and oxygen atoms in total. The molecule has 2 aromatic rings. The highest BCUT2D eigenvalue weighted by Crippen LogP contribution is 2.28. The van der Waals surface area contributed by atoms with Crippen LogP contribution < -0.4 is 5.32 Å². The number of nitrogens with one attached hydrogen (secondary N) is 1. The van der Waals surface area contributed by atoms with Crippen LogP contribution in [0.2, 0.25) is 0 Å². The molecule has 0 aliphatic carbocycles. The van der Waals surface area contributed by atoms with Crippen molar-refractivity contribution in [2.45, 2.75) is 18.9 Å². The van der Waals surface area contributed by atoms with Gasteiger partial charge in [-0.3, -0.25) is 0 Å². The SMILES string of the molecule is Cn1c(C2CCCN2)cc2ccccc21. The molecule has 1 saturated heterocycles. The van der Waals surface area contributed by atoms with Gasteiger partial charge in [0.2, 0.25) is 0 Å². The minimum Gasteiger partial charge on any atom is -0.346 e. The number of nitrogens with zero attached hydrogens (tertiary/aromatic N) is 1. The van der Waals surface area contributed by atoms with Crippen molar-refractivity contribution in [3.05, 3.63) is 36.0 Å². The lowest BCUT2D eigenvalue weighted by Crippen LogP contribution is -2.15. The highest BCUT2D eigenvalue weighted by atomic mass is 15.0. The van der Waals surface area contributed by atoms with Gasteiger partial charge in [-0.2, -0.15) is 0 Å². The summed E-state index contributed by atoms with van der Waals surface area (Å²) in [7, 11) is 2.16. The van der Waals surface area contributed by atoms with Crippen molar-refractivity contribution in [2.24, 2.45) is 7.05 Å². The van der Waals surface area contributed by atoms with Gasteiger partial charge in [0.1, 0.15) is 0 Å². The standard InChI is InChI=1S/C13H16N2/c1-15-12-7-3-2-5-10(12)9-13(15)11-6-4-8-14-11/h2-3,5,7,9,11,14H,4,6,8H2,1H3. The Balaban J connectivity index is 2.14. The molecule has 15 heavy (non-hydrogen) atoms. The third-order valence-corrected chi connectivity index (χ3v) is 3.41. The summed E-state index contributed by atoms with van der Waals surface area (Å²) >= 11 is 0. The minimum absolute atomic E-state index is 0.558. The molecular formula is C13H16N2. The molecule has 0 amide bonds. The molecular weight excluding hydrogens is 184 g/mol. The molecule has 1 aromatic carbocycles. The van der Waals surface area contributed by atoms with Crippen molar-refractivity contribution < 1.29 is 0 Å². The molecule has 1 aromatic heterocycles. The maximum atomic E-state index is 3.55. The molecule has 1 unspecified atom stereocenters. The van der Waals surface area contributed by atoms with Crippen LogP contribution in [0.4, 0.5) is 0 Å². The average Bonchev–Trinajstić information content (AvgIpc) is 2.87. The number of hydrogen-bond donors (Lipinski definition) is 1. The lowest BCUT2D eigenvalue weighted by atomic mass is 10.1. The number of hydrogen-bond acceptors (Lipinski definition) is 1. The van der Waals surface area contributed by atoms with Crippen molar-refractivity contribution in [1.29, 1.82) is 0 Å². The predicted molar refractivity (Wildman–Crippen MR) is 62.9 cm³/mol. The summed E-state index contributed by atoms with van der Waals surface area (Å²) in [6.07, 6.45) is 2.57. The number of aromatic nitrogens is 1. The molecule has 1 N–H and O–H groups in total. The van der Waals surface area contributed by atoms with E-state index in [1.54, 1.807) is 0 Å². The molecule has 1 fully saturated rings. The van der Waals surface area contributed by atoms with Crippen molar-refractivity contribution in [1.82, 2.24) is 9.88 Å². The smallest absolute Gasteiger partial charge is 0.0480 e. The number of para-hydroxylation sites is 1. The summed E-state index contributed by atoms with van der Waals surface area (Å²) in [4.78, 5) is 0. The summed E-state index contributed by atoms with van der Waals surface area (Å²) in [5.74, 6) is 0. The fraction of sp³-hybridized carbons (Fsp3) is 0.385. The minimum atomic E-state index is 0.558. The largest absolute Gasteiger partial charge is 0.346 e. The van der Waals surface area contributed by atoms with Crippen molar-refractivity contribution in [3.8, 4) is 0 Å². The van der Waals surface area contributed by atoms with E-state index in [1.807, 2.05) is 0 Å². The Morgan fingerprint density at radius 3 is 2.93 bits per heavy atom. The summed E-state index contributed by atoms with van der Waals surface area (Å²) in [6.45, 7) is 1.16. The quantitative estimate of drug-likeness (QED) is 0.748. The molecule has 3 rings (SSSR count). The summed E-state index contributed by atoms with van der Waals surface area (Å²) in [5.41, 5.74) is 2.76. The Hall–Kier alpha value is -1.28. The van der Waals surface area contributed by atoms with E-state index in [0.717, 1.165) is 6.54 Å². The number of rotatable bonds is 1. The van der Waals surface area contributed by atoms with E-state index in [-0.39, 0.29) is 0 Å².